The number of rotatable bonds is 4. The highest BCUT2D eigenvalue weighted by atomic mass is 32.1. The van der Waals surface area contributed by atoms with E-state index in [1.165, 1.54) is 16.4 Å². The first-order chi connectivity index (χ1) is 6.84. The molecule has 0 aliphatic carbocycles. The second-order valence-electron chi connectivity index (χ2n) is 2.71. The van der Waals surface area contributed by atoms with Crippen molar-refractivity contribution < 1.29 is 0 Å². The zero-order valence-corrected chi connectivity index (χ0v) is 9.07. The Morgan fingerprint density at radius 3 is 3.07 bits per heavy atom. The molecule has 0 saturated heterocycles. The summed E-state index contributed by atoms with van der Waals surface area (Å²) in [5.41, 5.74) is 5.40. The third-order valence-electron chi connectivity index (χ3n) is 1.67. The Labute approximate surface area is 90.0 Å². The van der Waals surface area contributed by atoms with Crippen molar-refractivity contribution >= 4 is 33.9 Å². The average Bonchev–Trinajstić information content (AvgIpc) is 2.77. The van der Waals surface area contributed by atoms with Crippen LogP contribution in [0.5, 0.6) is 0 Å². The van der Waals surface area contributed by atoms with Crippen molar-refractivity contribution in [3.8, 4) is 0 Å². The molecule has 0 atom stereocenters. The zero-order valence-electron chi connectivity index (χ0n) is 7.43. The van der Waals surface area contributed by atoms with Gasteiger partial charge < -0.3 is 11.1 Å². The highest BCUT2D eigenvalue weighted by Crippen LogP contribution is 2.13. The fourth-order valence-corrected chi connectivity index (χ4v) is 2.28. The largest absolute Gasteiger partial charge is 0.367 e. The average molecular weight is 226 g/mol. The molecule has 0 aliphatic heterocycles. The molecule has 0 radical (unpaired) electrons. The number of hydrogen-bond donors (Lipinski definition) is 2. The van der Waals surface area contributed by atoms with E-state index >= 15 is 0 Å². The van der Waals surface area contributed by atoms with Crippen molar-refractivity contribution in [1.29, 1.82) is 0 Å². The highest BCUT2D eigenvalue weighted by molar-refractivity contribution is 7.10. The zero-order chi connectivity index (χ0) is 9.80. The topological polar surface area (TPSA) is 63.8 Å². The smallest absolute Gasteiger partial charge is 0.233 e. The summed E-state index contributed by atoms with van der Waals surface area (Å²) in [5, 5.41) is 6.05. The number of nitrogens with two attached hydrogens (primary N) is 1. The molecule has 3 N–H and O–H groups in total. The fourth-order valence-electron chi connectivity index (χ4n) is 1.05. The third-order valence-corrected chi connectivity index (χ3v) is 3.29. The molecular formula is C8H10N4S2. The van der Waals surface area contributed by atoms with Gasteiger partial charge in [-0.15, -0.1) is 11.3 Å². The van der Waals surface area contributed by atoms with Crippen LogP contribution in [0.2, 0.25) is 0 Å². The minimum absolute atomic E-state index is 0.341. The van der Waals surface area contributed by atoms with Crippen LogP contribution in [0, 0.1) is 0 Å². The van der Waals surface area contributed by atoms with Gasteiger partial charge in [-0.1, -0.05) is 6.07 Å². The molecular weight excluding hydrogens is 216 g/mol. The van der Waals surface area contributed by atoms with Gasteiger partial charge in [0.1, 0.15) is 0 Å². The molecule has 14 heavy (non-hydrogen) atoms. The number of nitrogens with zero attached hydrogens (tertiary/aromatic N) is 2. The van der Waals surface area contributed by atoms with Gasteiger partial charge in [0.2, 0.25) is 11.1 Å². The van der Waals surface area contributed by atoms with Gasteiger partial charge in [0.25, 0.3) is 0 Å². The van der Waals surface area contributed by atoms with Gasteiger partial charge >= 0.3 is 0 Å². The number of nitrogen functional groups attached to an aromatic ring is 1. The molecule has 0 spiro atoms. The molecule has 0 aliphatic rings. The third kappa shape index (κ3) is 2.43. The second kappa shape index (κ2) is 4.39. The summed E-state index contributed by atoms with van der Waals surface area (Å²) in [6.07, 6.45) is 1.01. The monoisotopic (exact) mass is 226 g/mol. The summed E-state index contributed by atoms with van der Waals surface area (Å²) >= 11 is 3.06. The van der Waals surface area contributed by atoms with E-state index in [0.29, 0.717) is 5.95 Å². The van der Waals surface area contributed by atoms with E-state index in [1.807, 2.05) is 0 Å². The van der Waals surface area contributed by atoms with E-state index in [9.17, 15) is 0 Å². The van der Waals surface area contributed by atoms with Crippen LogP contribution in [0.15, 0.2) is 17.5 Å². The van der Waals surface area contributed by atoms with Crippen molar-refractivity contribution in [2.24, 2.45) is 0 Å². The maximum Gasteiger partial charge on any atom is 0.233 e. The van der Waals surface area contributed by atoms with Gasteiger partial charge in [-0.3, -0.25) is 0 Å². The highest BCUT2D eigenvalue weighted by Gasteiger charge is 1.99. The normalized spacial score (nSPS) is 10.3. The van der Waals surface area contributed by atoms with E-state index in [4.69, 9.17) is 5.73 Å². The summed E-state index contributed by atoms with van der Waals surface area (Å²) in [6, 6.07) is 4.18. The minimum atomic E-state index is 0.341. The van der Waals surface area contributed by atoms with Gasteiger partial charge in [-0.2, -0.15) is 9.36 Å². The number of thiophene rings is 1. The maximum atomic E-state index is 5.40. The fraction of sp³-hybridized carbons (Fsp3) is 0.250. The van der Waals surface area contributed by atoms with E-state index < -0.39 is 0 Å². The van der Waals surface area contributed by atoms with Crippen LogP contribution >= 0.6 is 22.9 Å². The van der Waals surface area contributed by atoms with E-state index in [0.717, 1.165) is 18.1 Å². The van der Waals surface area contributed by atoms with Crippen molar-refractivity contribution in [3.05, 3.63) is 22.4 Å². The number of aromatic nitrogens is 2. The predicted octanol–water partition coefficient (Wildman–Crippen LogP) is 1.84. The van der Waals surface area contributed by atoms with E-state index in [-0.39, 0.29) is 0 Å². The predicted molar refractivity (Wildman–Crippen MR) is 60.8 cm³/mol. The number of hydrogen-bond acceptors (Lipinski definition) is 6. The summed E-state index contributed by atoms with van der Waals surface area (Å²) < 4.78 is 3.88. The van der Waals surface area contributed by atoms with Crippen LogP contribution in [0.4, 0.5) is 11.1 Å². The van der Waals surface area contributed by atoms with Gasteiger partial charge in [0.15, 0.2) is 0 Å². The first-order valence-electron chi connectivity index (χ1n) is 4.20. The quantitative estimate of drug-likeness (QED) is 0.835. The lowest BCUT2D eigenvalue weighted by molar-refractivity contribution is 1.04. The van der Waals surface area contributed by atoms with Crippen molar-refractivity contribution in [2.45, 2.75) is 6.42 Å². The van der Waals surface area contributed by atoms with Crippen molar-refractivity contribution in [1.82, 2.24) is 9.36 Å². The lowest BCUT2D eigenvalue weighted by atomic mass is 10.3. The Balaban J connectivity index is 1.78. The second-order valence-corrected chi connectivity index (χ2v) is 4.50. The molecule has 0 aromatic carbocycles. The van der Waals surface area contributed by atoms with E-state index in [1.54, 1.807) is 11.3 Å². The summed E-state index contributed by atoms with van der Waals surface area (Å²) in [4.78, 5) is 5.38. The summed E-state index contributed by atoms with van der Waals surface area (Å²) in [6.45, 7) is 0.870. The first kappa shape index (κ1) is 9.42. The minimum Gasteiger partial charge on any atom is -0.367 e. The molecule has 0 saturated carbocycles. The molecule has 0 unspecified atom stereocenters. The Hall–Kier alpha value is -1.14. The van der Waals surface area contributed by atoms with Crippen LogP contribution in [0.3, 0.4) is 0 Å². The molecule has 4 nitrogen and oxygen atoms in total. The first-order valence-corrected chi connectivity index (χ1v) is 5.85. The standard InChI is InChI=1S/C8H10N4S2/c9-7-11-8(14-12-7)10-4-3-6-2-1-5-13-6/h1-2,5H,3-4H2,(H3,9,10,11,12). The molecule has 6 heteroatoms. The van der Waals surface area contributed by atoms with Gasteiger partial charge in [-0.25, -0.2) is 0 Å². The van der Waals surface area contributed by atoms with Crippen LogP contribution in [0.1, 0.15) is 4.88 Å². The molecule has 2 aromatic rings. The molecule has 0 bridgehead atoms. The van der Waals surface area contributed by atoms with Crippen LogP contribution in [0.25, 0.3) is 0 Å². The van der Waals surface area contributed by atoms with Crippen LogP contribution < -0.4 is 11.1 Å². The summed E-state index contributed by atoms with van der Waals surface area (Å²) in [7, 11) is 0. The van der Waals surface area contributed by atoms with Crippen LogP contribution in [-0.4, -0.2) is 15.9 Å². The molecule has 0 fully saturated rings. The van der Waals surface area contributed by atoms with Crippen LogP contribution in [-0.2, 0) is 6.42 Å². The number of nitrogens with one attached hydrogen (secondary N) is 1. The molecule has 2 rings (SSSR count). The van der Waals surface area contributed by atoms with Gasteiger partial charge in [-0.05, 0) is 17.9 Å². The van der Waals surface area contributed by atoms with E-state index in [2.05, 4.69) is 32.2 Å². The maximum absolute atomic E-state index is 5.40. The SMILES string of the molecule is Nc1nsc(NCCc2cccs2)n1. The molecule has 2 heterocycles. The Kier molecular flexibility index (Phi) is 2.95. The molecule has 0 amide bonds. The van der Waals surface area contributed by atoms with Crippen molar-refractivity contribution in [2.75, 3.05) is 17.6 Å². The van der Waals surface area contributed by atoms with Gasteiger partial charge in [0.05, 0.1) is 0 Å². The Morgan fingerprint density at radius 1 is 1.50 bits per heavy atom. The van der Waals surface area contributed by atoms with Gasteiger partial charge in [0, 0.05) is 23.0 Å². The summed E-state index contributed by atoms with van der Waals surface area (Å²) in [5.74, 6) is 0.341. The Morgan fingerprint density at radius 2 is 2.43 bits per heavy atom. The number of anilines is 2. The lowest BCUT2D eigenvalue weighted by Gasteiger charge is -1.98. The molecule has 2 aromatic heterocycles. The Bertz CT molecular complexity index is 382. The lowest BCUT2D eigenvalue weighted by Crippen LogP contribution is -2.03. The molecule has 74 valence electrons. The van der Waals surface area contributed by atoms with Crippen molar-refractivity contribution in [3.63, 3.8) is 0 Å².